The number of cyclic esters (lactones) is 1. The lowest BCUT2D eigenvalue weighted by Crippen LogP contribution is -2.51. The molecule has 0 aromatic carbocycles. The minimum atomic E-state index is -3.92. The molecule has 8 nitrogen and oxygen atoms in total. The van der Waals surface area contributed by atoms with Crippen molar-refractivity contribution in [1.82, 2.24) is 9.03 Å². The summed E-state index contributed by atoms with van der Waals surface area (Å²) in [4.78, 5) is 11.3. The Balaban J connectivity index is 2.15. The average molecular weight is 274 g/mol. The summed E-state index contributed by atoms with van der Waals surface area (Å²) < 4.78 is 31.8. The van der Waals surface area contributed by atoms with Gasteiger partial charge in [-0.1, -0.05) is 0 Å². The number of rotatable bonds is 4. The summed E-state index contributed by atoms with van der Waals surface area (Å²) in [5.74, 6) is 0. The first-order valence-corrected chi connectivity index (χ1v) is 6.81. The molecule has 100 valence electrons. The highest BCUT2D eigenvalue weighted by atomic mass is 32.2. The van der Waals surface area contributed by atoms with Gasteiger partial charge < -0.3 is 4.74 Å². The van der Waals surface area contributed by atoms with Crippen LogP contribution >= 0.6 is 0 Å². The second-order valence-electron chi connectivity index (χ2n) is 4.49. The molecule has 2 aliphatic heterocycles. The van der Waals surface area contributed by atoms with Crippen LogP contribution in [-0.2, 0) is 14.9 Å². The molecule has 0 aliphatic carbocycles. The van der Waals surface area contributed by atoms with Gasteiger partial charge in [0.05, 0.1) is 24.8 Å². The minimum absolute atomic E-state index is 0.0258. The number of ether oxygens (including phenoxy) is 1. The van der Waals surface area contributed by atoms with Crippen molar-refractivity contribution >= 4 is 16.3 Å². The summed E-state index contributed by atoms with van der Waals surface area (Å²) >= 11 is 0. The Bertz CT molecular complexity index is 523. The van der Waals surface area contributed by atoms with Crippen molar-refractivity contribution in [3.05, 3.63) is 11.8 Å². The van der Waals surface area contributed by atoms with Crippen molar-refractivity contribution in [2.24, 2.45) is 10.2 Å². The van der Waals surface area contributed by atoms with Gasteiger partial charge in [-0.15, -0.1) is 0 Å². The molecule has 0 spiro atoms. The quantitative estimate of drug-likeness (QED) is 0.801. The maximum Gasteiger partial charge on any atom is 0.424 e. The van der Waals surface area contributed by atoms with Gasteiger partial charge in [0.1, 0.15) is 6.61 Å². The van der Waals surface area contributed by atoms with Crippen molar-refractivity contribution in [2.45, 2.75) is 19.4 Å². The third-order valence-corrected chi connectivity index (χ3v) is 4.42. The summed E-state index contributed by atoms with van der Waals surface area (Å²) in [7, 11) is -3.92. The molecule has 1 fully saturated rings. The van der Waals surface area contributed by atoms with Crippen molar-refractivity contribution in [2.75, 3.05) is 19.7 Å². The van der Waals surface area contributed by atoms with Crippen LogP contribution in [0.5, 0.6) is 0 Å². The fourth-order valence-electron chi connectivity index (χ4n) is 1.67. The Morgan fingerprint density at radius 2 is 2.22 bits per heavy atom. The highest BCUT2D eigenvalue weighted by Crippen LogP contribution is 2.22. The normalized spacial score (nSPS) is 20.2. The number of nitrogens with one attached hydrogen (secondary N) is 1. The molecule has 2 aliphatic rings. The van der Waals surface area contributed by atoms with E-state index in [1.54, 1.807) is 13.8 Å². The van der Waals surface area contributed by atoms with Gasteiger partial charge in [0, 0.05) is 0 Å². The number of azo groups is 1. The van der Waals surface area contributed by atoms with E-state index < -0.39 is 21.8 Å². The van der Waals surface area contributed by atoms with E-state index in [0.717, 1.165) is 5.57 Å². The lowest BCUT2D eigenvalue weighted by molar-refractivity contribution is 0.169. The van der Waals surface area contributed by atoms with Crippen LogP contribution in [0.15, 0.2) is 22.0 Å². The summed E-state index contributed by atoms with van der Waals surface area (Å²) in [5.41, 5.74) is -0.121. The minimum Gasteiger partial charge on any atom is -0.447 e. The molecule has 0 bridgehead atoms. The molecule has 2 heterocycles. The first kappa shape index (κ1) is 13.0. The van der Waals surface area contributed by atoms with Gasteiger partial charge >= 0.3 is 16.3 Å². The SMILES string of the molecule is CC(C)(NS(=O)(=O)N1CCOC1=O)C1=CN=NC1. The van der Waals surface area contributed by atoms with Gasteiger partial charge in [0.25, 0.3) is 0 Å². The molecular formula is C9H14N4O4S. The Labute approximate surface area is 105 Å². The predicted octanol–water partition coefficient (Wildman–Crippen LogP) is 0.401. The Morgan fingerprint density at radius 1 is 1.50 bits per heavy atom. The fraction of sp³-hybridized carbons (Fsp3) is 0.667. The molecule has 0 atom stereocenters. The van der Waals surface area contributed by atoms with Crippen molar-refractivity contribution < 1.29 is 17.9 Å². The van der Waals surface area contributed by atoms with E-state index in [9.17, 15) is 13.2 Å². The van der Waals surface area contributed by atoms with E-state index in [1.807, 2.05) is 0 Å². The van der Waals surface area contributed by atoms with E-state index in [0.29, 0.717) is 10.8 Å². The number of nitrogens with zero attached hydrogens (tertiary/aromatic N) is 3. The summed E-state index contributed by atoms with van der Waals surface area (Å²) in [5, 5.41) is 7.46. The molecule has 9 heteroatoms. The second-order valence-corrected chi connectivity index (χ2v) is 6.08. The number of hydrogen-bond donors (Lipinski definition) is 1. The number of carbonyl (C=O) groups excluding carboxylic acids is 1. The monoisotopic (exact) mass is 274 g/mol. The smallest absolute Gasteiger partial charge is 0.424 e. The number of carbonyl (C=O) groups is 1. The van der Waals surface area contributed by atoms with E-state index in [4.69, 9.17) is 0 Å². The number of hydrogen-bond acceptors (Lipinski definition) is 6. The van der Waals surface area contributed by atoms with Crippen LogP contribution in [0.25, 0.3) is 0 Å². The largest absolute Gasteiger partial charge is 0.447 e. The molecule has 1 amide bonds. The highest BCUT2D eigenvalue weighted by Gasteiger charge is 2.38. The first-order valence-electron chi connectivity index (χ1n) is 5.37. The van der Waals surface area contributed by atoms with Crippen LogP contribution in [0.3, 0.4) is 0 Å². The maximum atomic E-state index is 12.0. The summed E-state index contributed by atoms with van der Waals surface area (Å²) in [6.07, 6.45) is 0.665. The van der Waals surface area contributed by atoms with Crippen LogP contribution in [-0.4, -0.2) is 44.1 Å². The van der Waals surface area contributed by atoms with Crippen molar-refractivity contribution in [3.8, 4) is 0 Å². The zero-order valence-electron chi connectivity index (χ0n) is 10.1. The summed E-state index contributed by atoms with van der Waals surface area (Å²) in [6.45, 7) is 3.83. The van der Waals surface area contributed by atoms with E-state index in [2.05, 4.69) is 19.7 Å². The third kappa shape index (κ3) is 2.36. The zero-order chi connectivity index (χ0) is 13.4. The van der Waals surface area contributed by atoms with Crippen LogP contribution < -0.4 is 4.72 Å². The first-order chi connectivity index (χ1) is 8.33. The molecule has 1 N–H and O–H groups in total. The van der Waals surface area contributed by atoms with E-state index in [1.165, 1.54) is 6.20 Å². The molecule has 0 aromatic heterocycles. The summed E-state index contributed by atoms with van der Waals surface area (Å²) in [6, 6.07) is 0. The van der Waals surface area contributed by atoms with Crippen molar-refractivity contribution in [3.63, 3.8) is 0 Å². The Kier molecular flexibility index (Phi) is 3.11. The van der Waals surface area contributed by atoms with Crippen LogP contribution in [0, 0.1) is 0 Å². The van der Waals surface area contributed by atoms with Crippen LogP contribution in [0.1, 0.15) is 13.8 Å². The van der Waals surface area contributed by atoms with Gasteiger partial charge in [-0.2, -0.15) is 27.7 Å². The molecule has 2 rings (SSSR count). The Morgan fingerprint density at radius 3 is 2.72 bits per heavy atom. The fourth-order valence-corrected chi connectivity index (χ4v) is 3.12. The topological polar surface area (TPSA) is 100 Å². The number of amides is 1. The highest BCUT2D eigenvalue weighted by molar-refractivity contribution is 7.87. The average Bonchev–Trinajstić information content (AvgIpc) is 2.84. The van der Waals surface area contributed by atoms with Gasteiger partial charge in [-0.05, 0) is 19.4 Å². The van der Waals surface area contributed by atoms with Gasteiger partial charge in [-0.3, -0.25) is 0 Å². The molecular weight excluding hydrogens is 260 g/mol. The molecule has 0 aromatic rings. The lowest BCUT2D eigenvalue weighted by Gasteiger charge is -2.28. The van der Waals surface area contributed by atoms with Crippen LogP contribution in [0.2, 0.25) is 0 Å². The third-order valence-electron chi connectivity index (χ3n) is 2.74. The van der Waals surface area contributed by atoms with E-state index >= 15 is 0 Å². The lowest BCUT2D eigenvalue weighted by atomic mass is 9.97. The maximum absolute atomic E-state index is 12.0. The molecule has 0 radical (unpaired) electrons. The van der Waals surface area contributed by atoms with Gasteiger partial charge in [0.2, 0.25) is 0 Å². The van der Waals surface area contributed by atoms with Gasteiger partial charge in [-0.25, -0.2) is 4.79 Å². The zero-order valence-corrected chi connectivity index (χ0v) is 10.9. The van der Waals surface area contributed by atoms with Crippen molar-refractivity contribution in [1.29, 1.82) is 0 Å². The van der Waals surface area contributed by atoms with Crippen LogP contribution in [0.4, 0.5) is 4.79 Å². The Hall–Kier alpha value is -1.48. The predicted molar refractivity (Wildman–Crippen MR) is 62.0 cm³/mol. The molecule has 18 heavy (non-hydrogen) atoms. The molecule has 1 saturated heterocycles. The van der Waals surface area contributed by atoms with Gasteiger partial charge in [0.15, 0.2) is 0 Å². The molecule has 0 unspecified atom stereocenters. The van der Waals surface area contributed by atoms with E-state index in [-0.39, 0.29) is 13.2 Å². The second kappa shape index (κ2) is 4.32. The standard InChI is InChI=1S/C9H14N4O4S/c1-9(2,7-5-10-11-6-7)12-18(15,16)13-3-4-17-8(13)14/h5,12H,3-4,6H2,1-2H3. The molecule has 0 saturated carbocycles.